The van der Waals surface area contributed by atoms with Crippen molar-refractivity contribution in [1.82, 2.24) is 24.8 Å². The molecule has 218 valence electrons. The zero-order chi connectivity index (χ0) is 29.8. The number of piperidine rings is 1. The van der Waals surface area contributed by atoms with Gasteiger partial charge in [-0.15, -0.1) is 10.2 Å². The largest absolute Gasteiger partial charge is 0.416 e. The molecule has 4 heterocycles. The molecule has 1 aliphatic rings. The van der Waals surface area contributed by atoms with Crippen LogP contribution < -0.4 is 10.2 Å². The summed E-state index contributed by atoms with van der Waals surface area (Å²) >= 11 is 0. The van der Waals surface area contributed by atoms with Crippen molar-refractivity contribution in [3.8, 4) is 11.1 Å². The summed E-state index contributed by atoms with van der Waals surface area (Å²) in [6.07, 6.45) is -5.39. The van der Waals surface area contributed by atoms with Crippen LogP contribution in [0.4, 0.5) is 38.3 Å². The van der Waals surface area contributed by atoms with Crippen molar-refractivity contribution in [1.29, 1.82) is 0 Å². The molecule has 1 aromatic carbocycles. The van der Waals surface area contributed by atoms with Crippen LogP contribution in [-0.2, 0) is 12.4 Å². The van der Waals surface area contributed by atoms with Gasteiger partial charge in [-0.2, -0.15) is 41.5 Å². The molecule has 0 radical (unpaired) electrons. The van der Waals surface area contributed by atoms with Crippen molar-refractivity contribution in [2.24, 2.45) is 10.2 Å². The molecule has 0 atom stereocenters. The quantitative estimate of drug-likeness (QED) is 0.178. The number of rotatable bonds is 5. The molecule has 0 unspecified atom stereocenters. The number of hydrogen-bond acceptors (Lipinski definition) is 9. The fourth-order valence-corrected chi connectivity index (χ4v) is 4.20. The van der Waals surface area contributed by atoms with Gasteiger partial charge in [0, 0.05) is 50.7 Å². The predicted octanol–water partition coefficient (Wildman–Crippen LogP) is 5.90. The van der Waals surface area contributed by atoms with Gasteiger partial charge in [-0.3, -0.25) is 0 Å². The number of alkyl halides is 6. The third kappa shape index (κ3) is 7.18. The normalized spacial score (nSPS) is 14.8. The van der Waals surface area contributed by atoms with Gasteiger partial charge in [-0.05, 0) is 55.7 Å². The Kier molecular flexibility index (Phi) is 8.58. The van der Waals surface area contributed by atoms with Crippen LogP contribution >= 0.6 is 0 Å². The smallest absolute Gasteiger partial charge is 0.408 e. The molecule has 16 heteroatoms. The minimum atomic E-state index is -4.95. The van der Waals surface area contributed by atoms with E-state index in [4.69, 9.17) is 4.42 Å². The van der Waals surface area contributed by atoms with Crippen molar-refractivity contribution in [3.05, 3.63) is 53.5 Å². The lowest BCUT2D eigenvalue weighted by atomic mass is 10.00. The van der Waals surface area contributed by atoms with Gasteiger partial charge in [0.05, 0.1) is 11.1 Å². The van der Waals surface area contributed by atoms with E-state index in [0.717, 1.165) is 0 Å². The maximum absolute atomic E-state index is 13.3. The summed E-state index contributed by atoms with van der Waals surface area (Å²) in [5.74, 6) is 0.690. The lowest BCUT2D eigenvalue weighted by Crippen LogP contribution is -2.39. The van der Waals surface area contributed by atoms with Crippen molar-refractivity contribution < 1.29 is 30.8 Å². The number of anilines is 2. The Labute approximate surface area is 229 Å². The molecule has 1 fully saturated rings. The van der Waals surface area contributed by atoms with Gasteiger partial charge in [0.15, 0.2) is 5.65 Å². The van der Waals surface area contributed by atoms with Crippen LogP contribution in [0.5, 0.6) is 0 Å². The number of nitrogens with one attached hydrogen (secondary N) is 1. The Balaban J connectivity index is 0.000000714. The van der Waals surface area contributed by atoms with Gasteiger partial charge in [-0.1, -0.05) is 5.10 Å². The number of pyridine rings is 1. The Morgan fingerprint density at radius 1 is 1.05 bits per heavy atom. The van der Waals surface area contributed by atoms with Crippen molar-refractivity contribution in [2.75, 3.05) is 23.3 Å². The zero-order valence-electron chi connectivity index (χ0n) is 21.9. The van der Waals surface area contributed by atoms with E-state index in [1.165, 1.54) is 22.8 Å². The van der Waals surface area contributed by atoms with E-state index in [-0.39, 0.29) is 34.8 Å². The highest BCUT2D eigenvalue weighted by molar-refractivity contribution is 5.79. The van der Waals surface area contributed by atoms with Crippen LogP contribution in [0.3, 0.4) is 0 Å². The van der Waals surface area contributed by atoms with Crippen molar-refractivity contribution in [2.45, 2.75) is 45.1 Å². The first-order chi connectivity index (χ1) is 19.4. The van der Waals surface area contributed by atoms with E-state index in [1.807, 2.05) is 4.90 Å². The van der Waals surface area contributed by atoms with Crippen molar-refractivity contribution >= 4 is 30.5 Å². The Morgan fingerprint density at radius 2 is 1.71 bits per heavy atom. The van der Waals surface area contributed by atoms with Gasteiger partial charge in [0.1, 0.15) is 0 Å². The van der Waals surface area contributed by atoms with Crippen LogP contribution in [-0.4, -0.2) is 56.9 Å². The van der Waals surface area contributed by atoms with Gasteiger partial charge < -0.3 is 14.6 Å². The summed E-state index contributed by atoms with van der Waals surface area (Å²) in [6, 6.07) is 4.80. The van der Waals surface area contributed by atoms with E-state index in [9.17, 15) is 26.3 Å². The molecule has 3 aromatic heterocycles. The van der Waals surface area contributed by atoms with Crippen LogP contribution in [0, 0.1) is 6.92 Å². The molecule has 1 N–H and O–H groups in total. The topological polar surface area (TPSA) is 109 Å². The van der Waals surface area contributed by atoms with Gasteiger partial charge in [-0.25, -0.2) is 4.52 Å². The van der Waals surface area contributed by atoms with Crippen LogP contribution in [0.2, 0.25) is 0 Å². The Morgan fingerprint density at radius 3 is 2.22 bits per heavy atom. The summed E-state index contributed by atoms with van der Waals surface area (Å²) in [4.78, 5) is 6.33. The number of aryl methyl sites for hydroxylation is 1. The third-order valence-corrected chi connectivity index (χ3v) is 6.07. The highest BCUT2D eigenvalue weighted by Crippen LogP contribution is 2.39. The maximum atomic E-state index is 13.3. The summed E-state index contributed by atoms with van der Waals surface area (Å²) in [5.41, 5.74) is -2.82. The SMILES string of the molecule is C=N/N=C/C.Cc1nnc(N2CCC(Nc3nc4c(-c5cc(C(F)(F)F)cc(C(F)(F)F)c5)cccn4n3)CC2)o1. The lowest BCUT2D eigenvalue weighted by Gasteiger charge is -2.30. The van der Waals surface area contributed by atoms with E-state index < -0.39 is 23.5 Å². The van der Waals surface area contributed by atoms with Crippen LogP contribution in [0.25, 0.3) is 16.8 Å². The van der Waals surface area contributed by atoms with E-state index in [0.29, 0.717) is 50.0 Å². The Bertz CT molecular complexity index is 1490. The first kappa shape index (κ1) is 29.5. The second-order valence-corrected chi connectivity index (χ2v) is 8.94. The lowest BCUT2D eigenvalue weighted by molar-refractivity contribution is -0.143. The highest BCUT2D eigenvalue weighted by Gasteiger charge is 2.37. The number of hydrogen-bond donors (Lipinski definition) is 1. The molecular formula is C25H25F6N9O. The molecule has 10 nitrogen and oxygen atoms in total. The minimum Gasteiger partial charge on any atom is -0.408 e. The van der Waals surface area contributed by atoms with E-state index in [2.05, 4.69) is 42.5 Å². The third-order valence-electron chi connectivity index (χ3n) is 6.07. The average molecular weight is 582 g/mol. The first-order valence-electron chi connectivity index (χ1n) is 12.3. The van der Waals surface area contributed by atoms with Crippen LogP contribution in [0.1, 0.15) is 36.8 Å². The molecule has 0 saturated carbocycles. The number of halogens is 6. The molecule has 0 bridgehead atoms. The van der Waals surface area contributed by atoms with Gasteiger partial charge in [0.2, 0.25) is 11.8 Å². The van der Waals surface area contributed by atoms with E-state index >= 15 is 0 Å². The van der Waals surface area contributed by atoms with Crippen molar-refractivity contribution in [3.63, 3.8) is 0 Å². The molecule has 0 aliphatic carbocycles. The summed E-state index contributed by atoms with van der Waals surface area (Å²) in [6.45, 7) is 7.88. The fourth-order valence-electron chi connectivity index (χ4n) is 4.20. The molecule has 0 amide bonds. The van der Waals surface area contributed by atoms with Gasteiger partial charge >= 0.3 is 18.4 Å². The first-order valence-corrected chi connectivity index (χ1v) is 12.3. The standard InChI is InChI=1S/C22H19F6N7O.C3H6N2/c1-12-31-32-20(36-12)34-7-4-16(5-8-34)29-19-30-18-17(3-2-6-35(18)33-19)13-9-14(21(23,24)25)11-15(10-13)22(26,27)28;1-3-5-4-2/h2-3,6,9-11,16H,4-5,7-8H2,1H3,(H,29,33);3H,2H2,1H3/b;5-3+. The maximum Gasteiger partial charge on any atom is 0.416 e. The van der Waals surface area contributed by atoms with Crippen LogP contribution in [0.15, 0.2) is 51.1 Å². The Hall–Kier alpha value is -4.50. The zero-order valence-corrected chi connectivity index (χ0v) is 21.9. The van der Waals surface area contributed by atoms with E-state index in [1.54, 1.807) is 20.1 Å². The molecular weight excluding hydrogens is 556 g/mol. The number of nitrogens with zero attached hydrogens (tertiary/aromatic N) is 8. The monoisotopic (exact) mass is 581 g/mol. The number of benzene rings is 1. The molecule has 41 heavy (non-hydrogen) atoms. The number of fused-ring (bicyclic) bond motifs is 1. The molecule has 1 aliphatic heterocycles. The second kappa shape index (κ2) is 11.9. The molecule has 4 aromatic rings. The van der Waals surface area contributed by atoms with Gasteiger partial charge in [0.25, 0.3) is 0 Å². The summed E-state index contributed by atoms with van der Waals surface area (Å²) in [5, 5.41) is 21.9. The minimum absolute atomic E-state index is 0.00322. The fraction of sp³-hybridized carbons (Fsp3) is 0.360. The summed E-state index contributed by atoms with van der Waals surface area (Å²) < 4.78 is 86.8. The predicted molar refractivity (Wildman–Crippen MR) is 140 cm³/mol. The molecule has 0 spiro atoms. The number of aromatic nitrogens is 5. The second-order valence-electron chi connectivity index (χ2n) is 8.94. The molecule has 5 rings (SSSR count). The highest BCUT2D eigenvalue weighted by atomic mass is 19.4. The summed E-state index contributed by atoms with van der Waals surface area (Å²) in [7, 11) is 0. The molecule has 1 saturated heterocycles. The average Bonchev–Trinajstić information content (AvgIpc) is 3.54.